The van der Waals surface area contributed by atoms with Crippen LogP contribution in [0.1, 0.15) is 25.7 Å². The van der Waals surface area contributed by atoms with Crippen molar-refractivity contribution in [1.82, 2.24) is 4.90 Å². The molecule has 2 bridgehead atoms. The Bertz CT molecular complexity index is 698. The third kappa shape index (κ3) is 3.56. The number of hydrogen-bond acceptors (Lipinski definition) is 5. The number of methoxy groups -OCH3 is 1. The Morgan fingerprint density at radius 2 is 2.08 bits per heavy atom. The molecule has 140 valence electrons. The van der Waals surface area contributed by atoms with Crippen molar-refractivity contribution in [3.63, 3.8) is 0 Å². The number of piperidine rings is 1. The van der Waals surface area contributed by atoms with Crippen LogP contribution in [0.15, 0.2) is 30.4 Å². The lowest BCUT2D eigenvalue weighted by Crippen LogP contribution is -2.41. The van der Waals surface area contributed by atoms with Crippen LogP contribution in [-0.4, -0.2) is 42.6 Å². The lowest BCUT2D eigenvalue weighted by atomic mass is 9.92. The molecule has 1 aliphatic heterocycles. The number of nitro benzene ring substituents is 1. The van der Waals surface area contributed by atoms with E-state index in [0.717, 1.165) is 49.4 Å². The Morgan fingerprint density at radius 1 is 1.27 bits per heavy atom. The van der Waals surface area contributed by atoms with Crippen LogP contribution >= 0.6 is 0 Å². The van der Waals surface area contributed by atoms with E-state index in [-0.39, 0.29) is 10.6 Å². The highest BCUT2D eigenvalue weighted by Crippen LogP contribution is 2.43. The van der Waals surface area contributed by atoms with Gasteiger partial charge in [-0.1, -0.05) is 12.2 Å². The Balaban J connectivity index is 1.32. The highest BCUT2D eigenvalue weighted by Gasteiger charge is 2.36. The summed E-state index contributed by atoms with van der Waals surface area (Å²) in [5, 5.41) is 14.5. The first kappa shape index (κ1) is 17.3. The molecule has 1 saturated heterocycles. The molecule has 1 aromatic rings. The Hall–Kier alpha value is -2.08. The standard InChI is InChI=1S/C20H27N3O3/c1-26-20-5-4-18(23(24)25)12-19(20)21-17-6-8-22(9-7-17)13-16-11-14-2-3-15(16)10-14/h2-5,12,14-17,21H,6-11,13H2,1H3/t14-,15-,16-/m1/s1. The number of nitrogens with zero attached hydrogens (tertiary/aromatic N) is 2. The Labute approximate surface area is 154 Å². The highest BCUT2D eigenvalue weighted by atomic mass is 16.6. The van der Waals surface area contributed by atoms with Gasteiger partial charge in [-0.3, -0.25) is 10.1 Å². The summed E-state index contributed by atoms with van der Waals surface area (Å²) < 4.78 is 5.36. The molecule has 0 radical (unpaired) electrons. The second-order valence-corrected chi connectivity index (χ2v) is 7.90. The van der Waals surface area contributed by atoms with Crippen LogP contribution in [0.4, 0.5) is 11.4 Å². The van der Waals surface area contributed by atoms with Crippen LogP contribution in [0.25, 0.3) is 0 Å². The monoisotopic (exact) mass is 357 g/mol. The maximum Gasteiger partial charge on any atom is 0.271 e. The van der Waals surface area contributed by atoms with Crippen LogP contribution in [0.2, 0.25) is 0 Å². The van der Waals surface area contributed by atoms with E-state index < -0.39 is 0 Å². The zero-order chi connectivity index (χ0) is 18.1. The minimum absolute atomic E-state index is 0.0927. The summed E-state index contributed by atoms with van der Waals surface area (Å²) >= 11 is 0. The van der Waals surface area contributed by atoms with Gasteiger partial charge >= 0.3 is 0 Å². The lowest BCUT2D eigenvalue weighted by molar-refractivity contribution is -0.384. The Kier molecular flexibility index (Phi) is 4.85. The SMILES string of the molecule is COc1ccc([N+](=O)[O-])cc1NC1CCN(C[C@H]2C[C@@H]3C=C[C@@H]2C3)CC1. The number of likely N-dealkylation sites (tertiary alicyclic amines) is 1. The number of anilines is 1. The molecule has 2 aliphatic carbocycles. The highest BCUT2D eigenvalue weighted by molar-refractivity contribution is 5.62. The minimum Gasteiger partial charge on any atom is -0.495 e. The first-order chi connectivity index (χ1) is 12.6. The van der Waals surface area contributed by atoms with Gasteiger partial charge in [0.15, 0.2) is 0 Å². The molecule has 1 heterocycles. The van der Waals surface area contributed by atoms with Crippen molar-refractivity contribution in [2.45, 2.75) is 31.7 Å². The third-order valence-electron chi connectivity index (χ3n) is 6.25. The van der Waals surface area contributed by atoms with Gasteiger partial charge in [0.25, 0.3) is 5.69 Å². The van der Waals surface area contributed by atoms with E-state index in [4.69, 9.17) is 4.74 Å². The quantitative estimate of drug-likeness (QED) is 0.478. The molecule has 1 saturated carbocycles. The van der Waals surface area contributed by atoms with Crippen LogP contribution in [0, 0.1) is 27.9 Å². The molecule has 1 N–H and O–H groups in total. The fourth-order valence-corrected chi connectivity index (χ4v) is 4.84. The molecule has 0 aromatic heterocycles. The van der Waals surface area contributed by atoms with Crippen molar-refractivity contribution in [1.29, 1.82) is 0 Å². The van der Waals surface area contributed by atoms with Gasteiger partial charge in [0.1, 0.15) is 5.75 Å². The summed E-state index contributed by atoms with van der Waals surface area (Å²) in [7, 11) is 1.60. The number of ether oxygens (including phenoxy) is 1. The summed E-state index contributed by atoms with van der Waals surface area (Å²) in [6, 6.07) is 5.06. The van der Waals surface area contributed by atoms with Gasteiger partial charge in [0, 0.05) is 37.8 Å². The van der Waals surface area contributed by atoms with Crippen LogP contribution in [0.5, 0.6) is 5.75 Å². The largest absolute Gasteiger partial charge is 0.495 e. The molecule has 0 spiro atoms. The number of nitrogens with one attached hydrogen (secondary N) is 1. The minimum atomic E-state index is -0.364. The maximum atomic E-state index is 11.0. The van der Waals surface area contributed by atoms with Crippen LogP contribution in [-0.2, 0) is 0 Å². The number of rotatable bonds is 6. The zero-order valence-corrected chi connectivity index (χ0v) is 15.3. The second kappa shape index (κ2) is 7.27. The summed E-state index contributed by atoms with van der Waals surface area (Å²) in [6.45, 7) is 3.40. The molecule has 2 fully saturated rings. The smallest absolute Gasteiger partial charge is 0.271 e. The fourth-order valence-electron chi connectivity index (χ4n) is 4.84. The van der Waals surface area contributed by atoms with Gasteiger partial charge in [0.05, 0.1) is 17.7 Å². The van der Waals surface area contributed by atoms with Crippen molar-refractivity contribution < 1.29 is 9.66 Å². The van der Waals surface area contributed by atoms with Crippen LogP contribution in [0.3, 0.4) is 0 Å². The molecule has 6 heteroatoms. The molecular weight excluding hydrogens is 330 g/mol. The average molecular weight is 357 g/mol. The molecule has 26 heavy (non-hydrogen) atoms. The van der Waals surface area contributed by atoms with E-state index in [1.54, 1.807) is 19.2 Å². The summed E-state index contributed by atoms with van der Waals surface area (Å²) in [5.74, 6) is 3.15. The number of allylic oxidation sites excluding steroid dienone is 2. The zero-order valence-electron chi connectivity index (χ0n) is 15.3. The molecule has 6 nitrogen and oxygen atoms in total. The molecule has 4 rings (SSSR count). The maximum absolute atomic E-state index is 11.0. The summed E-state index contributed by atoms with van der Waals surface area (Å²) in [4.78, 5) is 13.3. The fraction of sp³-hybridized carbons (Fsp3) is 0.600. The van der Waals surface area contributed by atoms with Gasteiger partial charge in [-0.15, -0.1) is 0 Å². The number of fused-ring (bicyclic) bond motifs is 2. The molecule has 3 aliphatic rings. The number of benzene rings is 1. The predicted octanol–water partition coefficient (Wildman–Crippen LogP) is 3.69. The second-order valence-electron chi connectivity index (χ2n) is 7.90. The molecule has 0 amide bonds. The van der Waals surface area contributed by atoms with Gasteiger partial charge in [-0.05, 0) is 49.5 Å². The van der Waals surface area contributed by atoms with Crippen molar-refractivity contribution in [2.24, 2.45) is 17.8 Å². The van der Waals surface area contributed by atoms with E-state index in [1.807, 2.05) is 0 Å². The first-order valence-corrected chi connectivity index (χ1v) is 9.62. The van der Waals surface area contributed by atoms with E-state index in [0.29, 0.717) is 11.8 Å². The third-order valence-corrected chi connectivity index (χ3v) is 6.25. The normalized spacial score (nSPS) is 28.4. The topological polar surface area (TPSA) is 67.6 Å². The average Bonchev–Trinajstić information content (AvgIpc) is 3.26. The number of non-ortho nitro benzene ring substituents is 1. The summed E-state index contributed by atoms with van der Waals surface area (Å²) in [5.41, 5.74) is 0.813. The first-order valence-electron chi connectivity index (χ1n) is 9.62. The van der Waals surface area contributed by atoms with E-state index >= 15 is 0 Å². The van der Waals surface area contributed by atoms with E-state index in [1.165, 1.54) is 25.5 Å². The summed E-state index contributed by atoms with van der Waals surface area (Å²) in [6.07, 6.45) is 9.69. The number of nitro groups is 1. The molecular formula is C20H27N3O3. The van der Waals surface area contributed by atoms with E-state index in [9.17, 15) is 10.1 Å². The van der Waals surface area contributed by atoms with Crippen LogP contribution < -0.4 is 10.1 Å². The van der Waals surface area contributed by atoms with E-state index in [2.05, 4.69) is 22.4 Å². The van der Waals surface area contributed by atoms with Gasteiger partial charge in [-0.2, -0.15) is 0 Å². The predicted molar refractivity (Wildman–Crippen MR) is 102 cm³/mol. The lowest BCUT2D eigenvalue weighted by Gasteiger charge is -2.35. The van der Waals surface area contributed by atoms with Gasteiger partial charge in [0.2, 0.25) is 0 Å². The van der Waals surface area contributed by atoms with Crippen molar-refractivity contribution in [3.05, 3.63) is 40.5 Å². The molecule has 0 unspecified atom stereocenters. The number of hydrogen-bond donors (Lipinski definition) is 1. The van der Waals surface area contributed by atoms with Gasteiger partial charge < -0.3 is 15.0 Å². The van der Waals surface area contributed by atoms with Crippen molar-refractivity contribution in [2.75, 3.05) is 32.1 Å². The van der Waals surface area contributed by atoms with Crippen molar-refractivity contribution in [3.8, 4) is 5.75 Å². The Morgan fingerprint density at radius 3 is 2.69 bits per heavy atom. The molecule has 1 aromatic carbocycles. The van der Waals surface area contributed by atoms with Crippen molar-refractivity contribution >= 4 is 11.4 Å². The van der Waals surface area contributed by atoms with Gasteiger partial charge in [-0.25, -0.2) is 0 Å². The molecule has 3 atom stereocenters.